The van der Waals surface area contributed by atoms with Crippen LogP contribution in [0.1, 0.15) is 38.2 Å². The summed E-state index contributed by atoms with van der Waals surface area (Å²) in [7, 11) is 1.79. The first-order valence-corrected chi connectivity index (χ1v) is 6.57. The van der Waals surface area contributed by atoms with Gasteiger partial charge in [0.1, 0.15) is 5.22 Å². The van der Waals surface area contributed by atoms with Crippen LogP contribution < -0.4 is 19.9 Å². The average molecular weight is 228 g/mol. The lowest BCUT2D eigenvalue weighted by molar-refractivity contribution is 0.401. The van der Waals surface area contributed by atoms with Gasteiger partial charge in [-0.05, 0) is 36.0 Å². The lowest BCUT2D eigenvalue weighted by Crippen LogP contribution is -2.49. The molecule has 88 valence electrons. The topological polar surface area (TPSA) is 12.2 Å². The Balaban J connectivity index is 1.91. The molecule has 2 saturated carbocycles. The summed E-state index contributed by atoms with van der Waals surface area (Å²) in [5.74, 6) is 1.07. The van der Waals surface area contributed by atoms with Crippen LogP contribution in [-0.2, 0) is 5.41 Å². The zero-order valence-electron chi connectivity index (χ0n) is 10.5. The van der Waals surface area contributed by atoms with Crippen LogP contribution in [0.5, 0.6) is 5.75 Å². The molecule has 2 nitrogen and oxygen atoms in total. The van der Waals surface area contributed by atoms with Crippen molar-refractivity contribution in [3.8, 4) is 5.75 Å². The van der Waals surface area contributed by atoms with Crippen molar-refractivity contribution >= 4 is 6.20 Å². The Kier molecular flexibility index (Phi) is 1.67. The predicted octanol–water partition coefficient (Wildman–Crippen LogP) is 1.15. The van der Waals surface area contributed by atoms with E-state index in [0.29, 0.717) is 5.41 Å². The second-order valence-electron chi connectivity index (χ2n) is 5.94. The number of ether oxygens (including phenoxy) is 1. The summed E-state index contributed by atoms with van der Waals surface area (Å²) >= 11 is 0. The SMILES string of the molecule is COc1cc(C2(C)CC2)cc2c1=[N+](C1CC1)C=2. The third-order valence-corrected chi connectivity index (χ3v) is 4.50. The maximum Gasteiger partial charge on any atom is 0.261 e. The van der Waals surface area contributed by atoms with Crippen molar-refractivity contribution in [2.45, 2.75) is 44.1 Å². The zero-order chi connectivity index (χ0) is 11.6. The average Bonchev–Trinajstić information content (AvgIpc) is 3.17. The van der Waals surface area contributed by atoms with Gasteiger partial charge in [-0.3, -0.25) is 0 Å². The number of rotatable bonds is 3. The molecule has 2 heteroatoms. The van der Waals surface area contributed by atoms with E-state index in [1.165, 1.54) is 41.8 Å². The van der Waals surface area contributed by atoms with Crippen LogP contribution in [0.15, 0.2) is 12.1 Å². The van der Waals surface area contributed by atoms with Gasteiger partial charge in [-0.15, -0.1) is 0 Å². The molecule has 17 heavy (non-hydrogen) atoms. The summed E-state index contributed by atoms with van der Waals surface area (Å²) in [4.78, 5) is 0. The molecule has 0 bridgehead atoms. The minimum absolute atomic E-state index is 0.427. The summed E-state index contributed by atoms with van der Waals surface area (Å²) in [6.45, 7) is 2.35. The Morgan fingerprint density at radius 1 is 1.29 bits per heavy atom. The van der Waals surface area contributed by atoms with E-state index >= 15 is 0 Å². The smallest absolute Gasteiger partial charge is 0.261 e. The number of fused-ring (bicyclic) bond motifs is 1. The van der Waals surface area contributed by atoms with Crippen molar-refractivity contribution in [1.82, 2.24) is 4.58 Å². The fourth-order valence-electron chi connectivity index (χ4n) is 2.77. The molecular weight excluding hydrogens is 210 g/mol. The van der Waals surface area contributed by atoms with E-state index in [1.807, 2.05) is 0 Å². The molecule has 0 N–H and O–H groups in total. The molecule has 2 fully saturated rings. The molecule has 1 aromatic carbocycles. The summed E-state index contributed by atoms with van der Waals surface area (Å²) in [5, 5.41) is 2.70. The van der Waals surface area contributed by atoms with Gasteiger partial charge in [0, 0.05) is 12.8 Å². The maximum atomic E-state index is 5.59. The van der Waals surface area contributed by atoms with Crippen LogP contribution in [0.25, 0.3) is 6.20 Å². The highest BCUT2D eigenvalue weighted by molar-refractivity contribution is 5.45. The Labute approximate surface area is 101 Å². The molecule has 0 unspecified atom stereocenters. The van der Waals surface area contributed by atoms with Gasteiger partial charge in [0.2, 0.25) is 0 Å². The molecule has 3 aliphatic rings. The van der Waals surface area contributed by atoms with Crippen LogP contribution >= 0.6 is 0 Å². The lowest BCUT2D eigenvalue weighted by Gasteiger charge is -2.13. The van der Waals surface area contributed by atoms with E-state index < -0.39 is 0 Å². The molecule has 1 heterocycles. The Bertz CT molecular complexity index is 621. The molecule has 0 atom stereocenters. The van der Waals surface area contributed by atoms with Crippen molar-refractivity contribution in [2.75, 3.05) is 7.11 Å². The third-order valence-electron chi connectivity index (χ3n) is 4.50. The van der Waals surface area contributed by atoms with E-state index in [2.05, 4.69) is 29.8 Å². The first-order chi connectivity index (χ1) is 8.21. The molecule has 4 rings (SSSR count). The van der Waals surface area contributed by atoms with Gasteiger partial charge in [0.25, 0.3) is 5.36 Å². The summed E-state index contributed by atoms with van der Waals surface area (Å²) < 4.78 is 7.98. The summed E-state index contributed by atoms with van der Waals surface area (Å²) in [6.07, 6.45) is 7.60. The van der Waals surface area contributed by atoms with Gasteiger partial charge < -0.3 is 4.74 Å². The van der Waals surface area contributed by atoms with Crippen molar-refractivity contribution in [3.05, 3.63) is 28.3 Å². The maximum absolute atomic E-state index is 5.59. The standard InChI is InChI=1S/C15H18NO/c1-15(5-6-15)11-7-10-9-16(12-3-4-12)14(10)13(8-11)17-2/h7-9,12H,3-6H2,1-2H3/q+1. The Morgan fingerprint density at radius 3 is 2.65 bits per heavy atom. The highest BCUT2D eigenvalue weighted by Crippen LogP contribution is 2.47. The second-order valence-corrected chi connectivity index (χ2v) is 5.94. The Hall–Kier alpha value is -1.31. The fraction of sp³-hybridized carbons (Fsp3) is 0.533. The molecule has 0 spiro atoms. The van der Waals surface area contributed by atoms with Crippen molar-refractivity contribution in [3.63, 3.8) is 0 Å². The number of hydrogen-bond acceptors (Lipinski definition) is 1. The van der Waals surface area contributed by atoms with Gasteiger partial charge >= 0.3 is 0 Å². The van der Waals surface area contributed by atoms with Gasteiger partial charge in [0.05, 0.1) is 7.11 Å². The summed E-state index contributed by atoms with van der Waals surface area (Å²) in [5.41, 5.74) is 1.88. The monoisotopic (exact) mass is 228 g/mol. The van der Waals surface area contributed by atoms with Crippen molar-refractivity contribution < 1.29 is 4.74 Å². The molecule has 1 aromatic rings. The summed E-state index contributed by atoms with van der Waals surface area (Å²) in [6, 6.07) is 5.37. The van der Waals surface area contributed by atoms with Gasteiger partial charge in [0.15, 0.2) is 18.0 Å². The number of methoxy groups -OCH3 is 1. The number of nitrogens with zero attached hydrogens (tertiary/aromatic N) is 1. The molecule has 0 saturated heterocycles. The van der Waals surface area contributed by atoms with Crippen LogP contribution in [-0.4, -0.2) is 13.2 Å². The predicted molar refractivity (Wildman–Crippen MR) is 67.6 cm³/mol. The van der Waals surface area contributed by atoms with E-state index in [-0.39, 0.29) is 0 Å². The van der Waals surface area contributed by atoms with E-state index in [1.54, 1.807) is 7.11 Å². The normalized spacial score (nSPS) is 23.5. The minimum atomic E-state index is 0.427. The number of benzene rings is 1. The first-order valence-electron chi connectivity index (χ1n) is 6.57. The van der Waals surface area contributed by atoms with E-state index in [0.717, 1.165) is 11.8 Å². The fourth-order valence-corrected chi connectivity index (χ4v) is 2.77. The highest BCUT2D eigenvalue weighted by atomic mass is 16.5. The van der Waals surface area contributed by atoms with Crippen molar-refractivity contribution in [1.29, 1.82) is 0 Å². The van der Waals surface area contributed by atoms with Crippen LogP contribution in [0.4, 0.5) is 0 Å². The molecule has 2 aliphatic carbocycles. The van der Waals surface area contributed by atoms with Gasteiger partial charge in [-0.2, -0.15) is 4.58 Å². The zero-order valence-corrected chi connectivity index (χ0v) is 10.5. The highest BCUT2D eigenvalue weighted by Gasteiger charge is 2.42. The molecule has 0 aromatic heterocycles. The molecule has 0 radical (unpaired) electrons. The van der Waals surface area contributed by atoms with Crippen LogP contribution in [0.2, 0.25) is 0 Å². The number of hydrogen-bond donors (Lipinski definition) is 0. The van der Waals surface area contributed by atoms with Gasteiger partial charge in [-0.1, -0.05) is 6.92 Å². The quantitative estimate of drug-likeness (QED) is 0.707. The van der Waals surface area contributed by atoms with Crippen LogP contribution in [0, 0.1) is 0 Å². The first kappa shape index (κ1) is 9.69. The molecule has 0 amide bonds. The van der Waals surface area contributed by atoms with E-state index in [4.69, 9.17) is 4.74 Å². The third kappa shape index (κ3) is 1.30. The molecular formula is C15H18NO+. The van der Waals surface area contributed by atoms with Crippen LogP contribution in [0.3, 0.4) is 0 Å². The second kappa shape index (κ2) is 2.92. The lowest BCUT2D eigenvalue weighted by atomic mass is 9.96. The Morgan fingerprint density at radius 2 is 2.06 bits per heavy atom. The minimum Gasteiger partial charge on any atom is -0.490 e. The van der Waals surface area contributed by atoms with E-state index in [9.17, 15) is 0 Å². The largest absolute Gasteiger partial charge is 0.490 e. The van der Waals surface area contributed by atoms with Crippen molar-refractivity contribution in [2.24, 2.45) is 0 Å². The van der Waals surface area contributed by atoms with Gasteiger partial charge in [-0.25, -0.2) is 0 Å². The molecule has 1 aliphatic heterocycles.